The molecular formula is C15H20ClNO2. The van der Waals surface area contributed by atoms with Crippen LogP contribution in [0.15, 0.2) is 30.3 Å². The van der Waals surface area contributed by atoms with Crippen molar-refractivity contribution in [2.45, 2.75) is 43.7 Å². The summed E-state index contributed by atoms with van der Waals surface area (Å²) in [5.41, 5.74) is 1.34. The molecule has 0 radical (unpaired) electrons. The highest BCUT2D eigenvalue weighted by molar-refractivity contribution is 5.85. The zero-order valence-corrected chi connectivity index (χ0v) is 11.7. The number of halogens is 1. The summed E-state index contributed by atoms with van der Waals surface area (Å²) in [7, 11) is 0. The van der Waals surface area contributed by atoms with Crippen molar-refractivity contribution in [3.05, 3.63) is 35.9 Å². The topological polar surface area (TPSA) is 49.3 Å². The minimum atomic E-state index is -0.697. The van der Waals surface area contributed by atoms with Crippen LogP contribution in [0.5, 0.6) is 0 Å². The Kier molecular flexibility index (Phi) is 4.16. The molecule has 2 aliphatic rings. The third kappa shape index (κ3) is 2.63. The maximum Gasteiger partial charge on any atom is 0.320 e. The zero-order chi connectivity index (χ0) is 12.6. The molecule has 1 aliphatic carbocycles. The highest BCUT2D eigenvalue weighted by Gasteiger charge is 2.51. The van der Waals surface area contributed by atoms with Gasteiger partial charge >= 0.3 is 5.97 Å². The summed E-state index contributed by atoms with van der Waals surface area (Å²) in [6.07, 6.45) is 5.25. The predicted molar refractivity (Wildman–Crippen MR) is 76.6 cm³/mol. The Bertz CT molecular complexity index is 451. The Morgan fingerprint density at radius 1 is 1.37 bits per heavy atom. The number of hydrogen-bond donors (Lipinski definition) is 2. The van der Waals surface area contributed by atoms with Crippen LogP contribution in [-0.2, 0) is 11.2 Å². The van der Waals surface area contributed by atoms with E-state index in [-0.39, 0.29) is 24.0 Å². The third-order valence-electron chi connectivity index (χ3n) is 4.60. The Morgan fingerprint density at radius 3 is 2.79 bits per heavy atom. The SMILES string of the molecule is Cl.O=C(O)[C@@H]1C[C@@H]2CCC[C@@]2(Cc2ccccc2)N1. The molecule has 3 nitrogen and oxygen atoms in total. The van der Waals surface area contributed by atoms with Crippen LogP contribution in [0.3, 0.4) is 0 Å². The van der Waals surface area contributed by atoms with Crippen molar-refractivity contribution in [2.75, 3.05) is 0 Å². The summed E-state index contributed by atoms with van der Waals surface area (Å²) in [6, 6.07) is 10.1. The number of carbonyl (C=O) groups is 1. The zero-order valence-electron chi connectivity index (χ0n) is 10.8. The number of benzene rings is 1. The van der Waals surface area contributed by atoms with E-state index in [0.29, 0.717) is 5.92 Å². The average Bonchev–Trinajstić information content (AvgIpc) is 2.86. The molecule has 0 aromatic heterocycles. The maximum absolute atomic E-state index is 11.2. The van der Waals surface area contributed by atoms with Gasteiger partial charge in [0.2, 0.25) is 0 Å². The first-order chi connectivity index (χ1) is 8.70. The monoisotopic (exact) mass is 281 g/mol. The number of nitrogens with one attached hydrogen (secondary N) is 1. The normalized spacial score (nSPS) is 32.6. The second kappa shape index (κ2) is 5.51. The minimum absolute atomic E-state index is 0. The van der Waals surface area contributed by atoms with E-state index < -0.39 is 5.97 Å². The third-order valence-corrected chi connectivity index (χ3v) is 4.60. The summed E-state index contributed by atoms with van der Waals surface area (Å²) in [5.74, 6) is -0.171. The van der Waals surface area contributed by atoms with Crippen LogP contribution < -0.4 is 5.32 Å². The van der Waals surface area contributed by atoms with Crippen LogP contribution in [0.2, 0.25) is 0 Å². The molecule has 0 bridgehead atoms. The lowest BCUT2D eigenvalue weighted by molar-refractivity contribution is -0.139. The first kappa shape index (κ1) is 14.4. The Morgan fingerprint density at radius 2 is 2.11 bits per heavy atom. The van der Waals surface area contributed by atoms with E-state index in [0.717, 1.165) is 19.3 Å². The smallest absolute Gasteiger partial charge is 0.320 e. The summed E-state index contributed by atoms with van der Waals surface area (Å²) >= 11 is 0. The summed E-state index contributed by atoms with van der Waals surface area (Å²) < 4.78 is 0. The largest absolute Gasteiger partial charge is 0.480 e. The lowest BCUT2D eigenvalue weighted by atomic mass is 9.83. The fourth-order valence-electron chi connectivity index (χ4n) is 3.77. The highest BCUT2D eigenvalue weighted by Crippen LogP contribution is 2.45. The Balaban J connectivity index is 0.00000133. The van der Waals surface area contributed by atoms with Gasteiger partial charge in [-0.25, -0.2) is 0 Å². The fraction of sp³-hybridized carbons (Fsp3) is 0.533. The maximum atomic E-state index is 11.2. The molecule has 0 spiro atoms. The van der Waals surface area contributed by atoms with E-state index in [4.69, 9.17) is 0 Å². The van der Waals surface area contributed by atoms with Gasteiger partial charge in [0.25, 0.3) is 0 Å². The molecule has 1 aromatic carbocycles. The van der Waals surface area contributed by atoms with Crippen molar-refractivity contribution >= 4 is 18.4 Å². The van der Waals surface area contributed by atoms with Gasteiger partial charge in [0, 0.05) is 5.54 Å². The quantitative estimate of drug-likeness (QED) is 0.895. The predicted octanol–water partition coefficient (Wildman–Crippen LogP) is 2.64. The minimum Gasteiger partial charge on any atom is -0.480 e. The van der Waals surface area contributed by atoms with Gasteiger partial charge in [-0.15, -0.1) is 12.4 Å². The molecule has 4 heteroatoms. The van der Waals surface area contributed by atoms with E-state index in [1.165, 1.54) is 18.4 Å². The van der Waals surface area contributed by atoms with E-state index in [9.17, 15) is 9.90 Å². The molecule has 19 heavy (non-hydrogen) atoms. The standard InChI is InChI=1S/C15H19NO2.ClH/c17-14(18)13-9-12-7-4-8-15(12,16-13)10-11-5-2-1-3-6-11;/h1-3,5-6,12-13,16H,4,7-10H2,(H,17,18);1H/t12-,13-,15-;/m0./s1. The average molecular weight is 282 g/mol. The molecule has 1 saturated heterocycles. The Labute approximate surface area is 119 Å². The molecule has 3 atom stereocenters. The second-order valence-electron chi connectivity index (χ2n) is 5.68. The van der Waals surface area contributed by atoms with Gasteiger partial charge < -0.3 is 5.11 Å². The highest BCUT2D eigenvalue weighted by atomic mass is 35.5. The fourth-order valence-corrected chi connectivity index (χ4v) is 3.77. The Hall–Kier alpha value is -1.06. The summed E-state index contributed by atoms with van der Waals surface area (Å²) in [4.78, 5) is 11.2. The molecular weight excluding hydrogens is 262 g/mol. The molecule has 1 heterocycles. The van der Waals surface area contributed by atoms with Crippen molar-refractivity contribution in [2.24, 2.45) is 5.92 Å². The van der Waals surface area contributed by atoms with Crippen molar-refractivity contribution < 1.29 is 9.90 Å². The molecule has 0 amide bonds. The molecule has 0 unspecified atom stereocenters. The molecule has 3 rings (SSSR count). The van der Waals surface area contributed by atoms with Crippen LogP contribution in [-0.4, -0.2) is 22.7 Å². The first-order valence-corrected chi connectivity index (χ1v) is 6.74. The van der Waals surface area contributed by atoms with Crippen LogP contribution in [0.1, 0.15) is 31.2 Å². The van der Waals surface area contributed by atoms with Crippen LogP contribution in [0.4, 0.5) is 0 Å². The second-order valence-corrected chi connectivity index (χ2v) is 5.68. The van der Waals surface area contributed by atoms with Gasteiger partial charge in [-0.3, -0.25) is 10.1 Å². The van der Waals surface area contributed by atoms with E-state index in [2.05, 4.69) is 29.6 Å². The van der Waals surface area contributed by atoms with Gasteiger partial charge in [0.1, 0.15) is 6.04 Å². The molecule has 1 aliphatic heterocycles. The van der Waals surface area contributed by atoms with Crippen molar-refractivity contribution in [1.82, 2.24) is 5.32 Å². The number of fused-ring (bicyclic) bond motifs is 1. The lowest BCUT2D eigenvalue weighted by Crippen LogP contribution is -2.48. The number of aliphatic carboxylic acids is 1. The molecule has 1 aromatic rings. The van der Waals surface area contributed by atoms with Crippen molar-refractivity contribution in [3.63, 3.8) is 0 Å². The summed E-state index contributed by atoms with van der Waals surface area (Å²) in [6.45, 7) is 0. The first-order valence-electron chi connectivity index (χ1n) is 6.74. The molecule has 2 fully saturated rings. The van der Waals surface area contributed by atoms with Gasteiger partial charge in [-0.05, 0) is 37.2 Å². The van der Waals surface area contributed by atoms with Crippen LogP contribution in [0.25, 0.3) is 0 Å². The number of hydrogen-bond acceptors (Lipinski definition) is 2. The van der Waals surface area contributed by atoms with Crippen molar-refractivity contribution in [3.8, 4) is 0 Å². The number of carboxylic acids is 1. The molecule has 104 valence electrons. The van der Waals surface area contributed by atoms with Crippen molar-refractivity contribution in [1.29, 1.82) is 0 Å². The lowest BCUT2D eigenvalue weighted by Gasteiger charge is -2.30. The van der Waals surface area contributed by atoms with Gasteiger partial charge in [0.15, 0.2) is 0 Å². The van der Waals surface area contributed by atoms with Gasteiger partial charge in [-0.1, -0.05) is 36.8 Å². The number of rotatable bonds is 3. The van der Waals surface area contributed by atoms with E-state index in [1.807, 2.05) is 6.07 Å². The van der Waals surface area contributed by atoms with Crippen LogP contribution in [0, 0.1) is 5.92 Å². The van der Waals surface area contributed by atoms with E-state index >= 15 is 0 Å². The summed E-state index contributed by atoms with van der Waals surface area (Å²) in [5, 5.41) is 12.6. The number of carboxylic acid groups (broad SMARTS) is 1. The van der Waals surface area contributed by atoms with Gasteiger partial charge in [0.05, 0.1) is 0 Å². The molecule has 2 N–H and O–H groups in total. The van der Waals surface area contributed by atoms with Gasteiger partial charge in [-0.2, -0.15) is 0 Å². The molecule has 1 saturated carbocycles. The van der Waals surface area contributed by atoms with E-state index in [1.54, 1.807) is 0 Å². The van der Waals surface area contributed by atoms with Crippen LogP contribution >= 0.6 is 12.4 Å².